The van der Waals surface area contributed by atoms with Gasteiger partial charge in [-0.15, -0.1) is 0 Å². The SMILES string of the molecule is NC(=O)c1cccnc1.OCC(O)CO. The highest BCUT2D eigenvalue weighted by Crippen LogP contribution is 1.91. The lowest BCUT2D eigenvalue weighted by molar-refractivity contribution is 0.0450. The summed E-state index contributed by atoms with van der Waals surface area (Å²) in [4.78, 5) is 14.1. The van der Waals surface area contributed by atoms with Crippen molar-refractivity contribution in [2.45, 2.75) is 6.10 Å². The van der Waals surface area contributed by atoms with E-state index in [0.29, 0.717) is 5.56 Å². The summed E-state index contributed by atoms with van der Waals surface area (Å²) in [6.07, 6.45) is 2.07. The van der Waals surface area contributed by atoms with Crippen molar-refractivity contribution in [1.82, 2.24) is 4.98 Å². The second kappa shape index (κ2) is 7.86. The van der Waals surface area contributed by atoms with Crippen LogP contribution in [0.15, 0.2) is 24.5 Å². The molecular formula is C9H14N2O4. The van der Waals surface area contributed by atoms with E-state index in [1.165, 1.54) is 6.20 Å². The Labute approximate surface area is 87.0 Å². The maximum Gasteiger partial charge on any atom is 0.250 e. The average molecular weight is 214 g/mol. The van der Waals surface area contributed by atoms with Crippen LogP contribution in [0.2, 0.25) is 0 Å². The predicted octanol–water partition coefficient (Wildman–Crippen LogP) is -1.49. The van der Waals surface area contributed by atoms with Gasteiger partial charge in [-0.1, -0.05) is 0 Å². The van der Waals surface area contributed by atoms with E-state index in [4.69, 9.17) is 21.1 Å². The lowest BCUT2D eigenvalue weighted by Crippen LogP contribution is -2.15. The van der Waals surface area contributed by atoms with Gasteiger partial charge in [0.1, 0.15) is 6.10 Å². The predicted molar refractivity (Wildman–Crippen MR) is 52.9 cm³/mol. The van der Waals surface area contributed by atoms with Gasteiger partial charge in [0.15, 0.2) is 0 Å². The van der Waals surface area contributed by atoms with Crippen molar-refractivity contribution in [2.75, 3.05) is 13.2 Å². The molecule has 0 atom stereocenters. The largest absolute Gasteiger partial charge is 0.394 e. The standard InChI is InChI=1S/C6H6N2O.C3H8O3/c7-6(9)5-2-1-3-8-4-5;4-1-3(6)2-5/h1-4H,(H2,7,9);3-6H,1-2H2. The third kappa shape index (κ3) is 6.55. The summed E-state index contributed by atoms with van der Waals surface area (Å²) >= 11 is 0. The second-order valence-corrected chi connectivity index (χ2v) is 2.62. The van der Waals surface area contributed by atoms with E-state index in [-0.39, 0.29) is 13.2 Å². The van der Waals surface area contributed by atoms with E-state index < -0.39 is 12.0 Å². The van der Waals surface area contributed by atoms with Crippen LogP contribution in [0.1, 0.15) is 10.4 Å². The maximum absolute atomic E-state index is 10.4. The van der Waals surface area contributed by atoms with Gasteiger partial charge >= 0.3 is 0 Å². The average Bonchev–Trinajstić information content (AvgIpc) is 2.30. The normalized spacial score (nSPS) is 9.33. The summed E-state index contributed by atoms with van der Waals surface area (Å²) < 4.78 is 0. The fourth-order valence-corrected chi connectivity index (χ4v) is 0.566. The first-order chi connectivity index (χ1) is 7.11. The third-order valence-electron chi connectivity index (χ3n) is 1.37. The van der Waals surface area contributed by atoms with Gasteiger partial charge in [-0.05, 0) is 12.1 Å². The first-order valence-electron chi connectivity index (χ1n) is 4.21. The summed E-state index contributed by atoms with van der Waals surface area (Å²) in [6.45, 7) is -0.729. The third-order valence-corrected chi connectivity index (χ3v) is 1.37. The molecule has 0 radical (unpaired) electrons. The molecule has 15 heavy (non-hydrogen) atoms. The molecule has 84 valence electrons. The number of aliphatic hydroxyl groups is 3. The minimum atomic E-state index is -0.954. The van der Waals surface area contributed by atoms with Gasteiger partial charge in [0.25, 0.3) is 0 Å². The first kappa shape index (κ1) is 13.5. The second-order valence-electron chi connectivity index (χ2n) is 2.62. The van der Waals surface area contributed by atoms with E-state index in [0.717, 1.165) is 0 Å². The highest BCUT2D eigenvalue weighted by Gasteiger charge is 1.95. The Morgan fingerprint density at radius 2 is 2.07 bits per heavy atom. The molecule has 5 N–H and O–H groups in total. The smallest absolute Gasteiger partial charge is 0.250 e. The van der Waals surface area contributed by atoms with Crippen molar-refractivity contribution >= 4 is 5.91 Å². The number of pyridine rings is 1. The maximum atomic E-state index is 10.4. The van der Waals surface area contributed by atoms with Crippen molar-refractivity contribution in [3.63, 3.8) is 0 Å². The van der Waals surface area contributed by atoms with Crippen LogP contribution in [0.3, 0.4) is 0 Å². The van der Waals surface area contributed by atoms with Gasteiger partial charge in [-0.2, -0.15) is 0 Å². The number of aliphatic hydroxyl groups excluding tert-OH is 3. The number of hydrogen-bond acceptors (Lipinski definition) is 5. The molecule has 1 aromatic heterocycles. The number of rotatable bonds is 3. The van der Waals surface area contributed by atoms with Gasteiger partial charge in [0.05, 0.1) is 18.8 Å². The molecule has 0 saturated carbocycles. The van der Waals surface area contributed by atoms with Crippen LogP contribution in [0, 0.1) is 0 Å². The highest BCUT2D eigenvalue weighted by molar-refractivity contribution is 5.92. The van der Waals surface area contributed by atoms with Gasteiger partial charge in [0.2, 0.25) is 5.91 Å². The number of nitrogens with two attached hydrogens (primary N) is 1. The number of aromatic nitrogens is 1. The number of primary amides is 1. The Morgan fingerprint density at radius 3 is 2.27 bits per heavy atom. The van der Waals surface area contributed by atoms with Crippen LogP contribution < -0.4 is 5.73 Å². The van der Waals surface area contributed by atoms with Gasteiger partial charge in [-0.3, -0.25) is 9.78 Å². The molecule has 1 amide bonds. The number of nitrogens with zero attached hydrogens (tertiary/aromatic N) is 1. The van der Waals surface area contributed by atoms with E-state index >= 15 is 0 Å². The zero-order valence-corrected chi connectivity index (χ0v) is 8.08. The van der Waals surface area contributed by atoms with Gasteiger partial charge in [-0.25, -0.2) is 0 Å². The molecule has 0 saturated heterocycles. The number of carbonyl (C=O) groups excluding carboxylic acids is 1. The molecule has 6 heteroatoms. The molecule has 0 aliphatic carbocycles. The topological polar surface area (TPSA) is 117 Å². The molecule has 6 nitrogen and oxygen atoms in total. The van der Waals surface area contributed by atoms with Crippen LogP contribution in [0.4, 0.5) is 0 Å². The molecule has 1 aromatic rings. The zero-order valence-electron chi connectivity index (χ0n) is 8.08. The number of hydrogen-bond donors (Lipinski definition) is 4. The summed E-state index contributed by atoms with van der Waals surface area (Å²) in [7, 11) is 0. The highest BCUT2D eigenvalue weighted by atomic mass is 16.3. The molecule has 0 aromatic carbocycles. The van der Waals surface area contributed by atoms with Crippen molar-refractivity contribution < 1.29 is 20.1 Å². The zero-order chi connectivity index (χ0) is 11.7. The van der Waals surface area contributed by atoms with Crippen LogP contribution in [0.25, 0.3) is 0 Å². The summed E-state index contributed by atoms with van der Waals surface area (Å²) in [5.41, 5.74) is 5.38. The molecule has 0 aliphatic rings. The quantitative estimate of drug-likeness (QED) is 0.489. The molecule has 0 spiro atoms. The van der Waals surface area contributed by atoms with E-state index in [9.17, 15) is 4.79 Å². The Hall–Kier alpha value is -1.50. The first-order valence-corrected chi connectivity index (χ1v) is 4.21. The van der Waals surface area contributed by atoms with E-state index in [1.807, 2.05) is 0 Å². The minimum Gasteiger partial charge on any atom is -0.394 e. The Bertz CT molecular complexity index is 275. The molecule has 0 unspecified atom stereocenters. The molecule has 0 bridgehead atoms. The lowest BCUT2D eigenvalue weighted by atomic mass is 10.3. The van der Waals surface area contributed by atoms with Gasteiger partial charge < -0.3 is 21.1 Å². The molecule has 0 aliphatic heterocycles. The van der Waals surface area contributed by atoms with Crippen molar-refractivity contribution in [3.05, 3.63) is 30.1 Å². The molecule has 1 heterocycles. The Balaban J connectivity index is 0.000000288. The van der Waals surface area contributed by atoms with Gasteiger partial charge in [0, 0.05) is 12.4 Å². The number of amides is 1. The van der Waals surface area contributed by atoms with Crippen LogP contribution in [0.5, 0.6) is 0 Å². The molecule has 1 rings (SSSR count). The van der Waals surface area contributed by atoms with Crippen molar-refractivity contribution in [3.8, 4) is 0 Å². The van der Waals surface area contributed by atoms with Crippen LogP contribution in [-0.2, 0) is 0 Å². The number of carbonyl (C=O) groups is 1. The lowest BCUT2D eigenvalue weighted by Gasteiger charge is -1.96. The van der Waals surface area contributed by atoms with Crippen LogP contribution >= 0.6 is 0 Å². The Morgan fingerprint density at radius 1 is 1.47 bits per heavy atom. The van der Waals surface area contributed by atoms with E-state index in [2.05, 4.69) is 4.98 Å². The minimum absolute atomic E-state index is 0.365. The fourth-order valence-electron chi connectivity index (χ4n) is 0.566. The molecule has 0 fully saturated rings. The van der Waals surface area contributed by atoms with Crippen molar-refractivity contribution in [2.24, 2.45) is 5.73 Å². The monoisotopic (exact) mass is 214 g/mol. The van der Waals surface area contributed by atoms with Crippen molar-refractivity contribution in [1.29, 1.82) is 0 Å². The fraction of sp³-hybridized carbons (Fsp3) is 0.333. The Kier molecular flexibility index (Phi) is 7.08. The summed E-state index contributed by atoms with van der Waals surface area (Å²) in [5, 5.41) is 24.0. The van der Waals surface area contributed by atoms with Crippen LogP contribution in [-0.4, -0.2) is 45.5 Å². The summed E-state index contributed by atoms with van der Waals surface area (Å²) in [5.74, 6) is -0.442. The summed E-state index contributed by atoms with van der Waals surface area (Å²) in [6, 6.07) is 3.29. The van der Waals surface area contributed by atoms with E-state index in [1.54, 1.807) is 18.3 Å². The molecular weight excluding hydrogens is 200 g/mol.